The summed E-state index contributed by atoms with van der Waals surface area (Å²) in [5, 5.41) is 1.25. The predicted molar refractivity (Wildman–Crippen MR) is 121 cm³/mol. The first-order chi connectivity index (χ1) is 14.6. The lowest BCUT2D eigenvalue weighted by Crippen LogP contribution is -2.65. The number of aromatic nitrogens is 1. The molecule has 0 radical (unpaired) electrons. The summed E-state index contributed by atoms with van der Waals surface area (Å²) in [6, 6.07) is 9.68. The van der Waals surface area contributed by atoms with Crippen LogP contribution in [0, 0.1) is 11.8 Å². The van der Waals surface area contributed by atoms with Gasteiger partial charge < -0.3 is 14.8 Å². The van der Waals surface area contributed by atoms with Crippen LogP contribution in [0.5, 0.6) is 0 Å². The number of carbonyl (C=O) groups is 1. The fraction of sp³-hybridized carbons (Fsp3) is 0.640. The monoisotopic (exact) mass is 408 g/mol. The van der Waals surface area contributed by atoms with Crippen LogP contribution in [0.1, 0.15) is 37.7 Å². The second-order valence-electron chi connectivity index (χ2n) is 10.0. The van der Waals surface area contributed by atoms with Crippen molar-refractivity contribution in [3.63, 3.8) is 0 Å². The van der Waals surface area contributed by atoms with Crippen LogP contribution in [0.2, 0.25) is 0 Å². The largest absolute Gasteiger partial charge is 0.361 e. The predicted octanol–water partition coefficient (Wildman–Crippen LogP) is 3.36. The number of hydrogen-bond acceptors (Lipinski definition) is 3. The lowest BCUT2D eigenvalue weighted by Gasteiger charge is -2.57. The maximum Gasteiger partial charge on any atom is 0.222 e. The highest BCUT2D eigenvalue weighted by Gasteiger charge is 2.47. The summed E-state index contributed by atoms with van der Waals surface area (Å²) in [5.41, 5.74) is 2.43. The van der Waals surface area contributed by atoms with E-state index in [2.05, 4.69) is 64.2 Å². The number of rotatable bonds is 5. The maximum atomic E-state index is 13.2. The molecule has 30 heavy (non-hydrogen) atoms. The standard InChI is InChI=1S/C25H36N4O/c1-27(2)17-24-20-13-19(23-9-5-6-12-29(23)24)15-28(16-20)25(30)11-10-18-14-26-22-8-4-3-7-21(18)22/h3-4,7-8,14,19-20,23-24,26H,5-6,9-13,15-17H2,1-2H3/t19-,20+,23+,24+/m1/s1. The minimum atomic E-state index is 0.350. The van der Waals surface area contributed by atoms with Gasteiger partial charge in [0.2, 0.25) is 5.91 Å². The van der Waals surface area contributed by atoms with Crippen LogP contribution in [0.15, 0.2) is 30.5 Å². The van der Waals surface area contributed by atoms with Crippen molar-refractivity contribution in [2.75, 3.05) is 40.3 Å². The second kappa shape index (κ2) is 8.35. The van der Waals surface area contributed by atoms with Gasteiger partial charge in [-0.25, -0.2) is 0 Å². The first-order valence-electron chi connectivity index (χ1n) is 11.8. The Labute approximate surface area is 180 Å². The zero-order valence-electron chi connectivity index (χ0n) is 18.5. The Bertz CT molecular complexity index is 890. The van der Waals surface area contributed by atoms with Crippen LogP contribution in [0.3, 0.4) is 0 Å². The van der Waals surface area contributed by atoms with Gasteiger partial charge in [0.05, 0.1) is 0 Å². The molecule has 3 saturated heterocycles. The zero-order chi connectivity index (χ0) is 20.7. The Morgan fingerprint density at radius 1 is 1.17 bits per heavy atom. The number of likely N-dealkylation sites (N-methyl/N-ethyl adjacent to an activating group) is 1. The third-order valence-corrected chi connectivity index (χ3v) is 7.81. The third-order valence-electron chi connectivity index (χ3n) is 7.81. The molecule has 3 aliphatic rings. The summed E-state index contributed by atoms with van der Waals surface area (Å²) in [7, 11) is 4.38. The van der Waals surface area contributed by atoms with E-state index in [0.29, 0.717) is 36.2 Å². The van der Waals surface area contributed by atoms with Gasteiger partial charge in [-0.2, -0.15) is 0 Å². The summed E-state index contributed by atoms with van der Waals surface area (Å²) >= 11 is 0. The van der Waals surface area contributed by atoms with Gasteiger partial charge in [0, 0.05) is 55.2 Å². The van der Waals surface area contributed by atoms with E-state index in [1.54, 1.807) is 0 Å². The Kier molecular flexibility index (Phi) is 5.59. The molecule has 0 aliphatic carbocycles. The number of nitrogens with one attached hydrogen (secondary N) is 1. The van der Waals surface area contributed by atoms with Crippen molar-refractivity contribution < 1.29 is 4.79 Å². The molecule has 5 nitrogen and oxygen atoms in total. The van der Waals surface area contributed by atoms with E-state index in [4.69, 9.17) is 0 Å². The molecule has 5 rings (SSSR count). The Morgan fingerprint density at radius 3 is 2.87 bits per heavy atom. The third kappa shape index (κ3) is 3.78. The molecule has 2 aromatic rings. The molecule has 4 heterocycles. The molecule has 3 aliphatic heterocycles. The summed E-state index contributed by atoms with van der Waals surface area (Å²) < 4.78 is 0. The second-order valence-corrected chi connectivity index (χ2v) is 10.0. The van der Waals surface area contributed by atoms with Crippen LogP contribution in [-0.4, -0.2) is 77.9 Å². The number of piperidine rings is 3. The molecule has 3 fully saturated rings. The topological polar surface area (TPSA) is 42.6 Å². The highest BCUT2D eigenvalue weighted by molar-refractivity contribution is 5.84. The number of aryl methyl sites for hydroxylation is 1. The first kappa shape index (κ1) is 20.1. The van der Waals surface area contributed by atoms with Gasteiger partial charge in [-0.05, 0) is 69.8 Å². The highest BCUT2D eigenvalue weighted by atomic mass is 16.2. The molecule has 0 saturated carbocycles. The van der Waals surface area contributed by atoms with Crippen molar-refractivity contribution in [3.8, 4) is 0 Å². The van der Waals surface area contributed by atoms with E-state index in [-0.39, 0.29) is 0 Å². The zero-order valence-corrected chi connectivity index (χ0v) is 18.5. The SMILES string of the molecule is CN(C)C[C@H]1[C@H]2C[C@H](CN(C(=O)CCc3c[nH]c4ccccc34)C2)[C@@H]2CCCCN21. The van der Waals surface area contributed by atoms with Gasteiger partial charge in [0.25, 0.3) is 0 Å². The number of nitrogens with zero attached hydrogens (tertiary/aromatic N) is 3. The average Bonchev–Trinajstić information content (AvgIpc) is 3.18. The molecule has 1 aromatic carbocycles. The number of para-hydroxylation sites is 1. The van der Waals surface area contributed by atoms with Crippen molar-refractivity contribution in [2.45, 2.75) is 50.6 Å². The normalized spacial score (nSPS) is 29.4. The quantitative estimate of drug-likeness (QED) is 0.825. The van der Waals surface area contributed by atoms with E-state index >= 15 is 0 Å². The molecule has 0 unspecified atom stereocenters. The molecular formula is C25H36N4O. The van der Waals surface area contributed by atoms with Crippen LogP contribution < -0.4 is 0 Å². The highest BCUT2D eigenvalue weighted by Crippen LogP contribution is 2.41. The smallest absolute Gasteiger partial charge is 0.222 e. The van der Waals surface area contributed by atoms with E-state index in [0.717, 1.165) is 31.6 Å². The van der Waals surface area contributed by atoms with E-state index in [1.165, 1.54) is 43.2 Å². The minimum Gasteiger partial charge on any atom is -0.361 e. The number of likely N-dealkylation sites (tertiary alicyclic amines) is 1. The number of benzene rings is 1. The van der Waals surface area contributed by atoms with Crippen LogP contribution >= 0.6 is 0 Å². The number of carbonyl (C=O) groups excluding carboxylic acids is 1. The molecule has 4 atom stereocenters. The number of amides is 1. The number of fused-ring (bicyclic) bond motifs is 5. The van der Waals surface area contributed by atoms with Crippen LogP contribution in [0.25, 0.3) is 10.9 Å². The fourth-order valence-electron chi connectivity index (χ4n) is 6.47. The molecule has 2 bridgehead atoms. The van der Waals surface area contributed by atoms with Crippen molar-refractivity contribution in [1.29, 1.82) is 0 Å². The Morgan fingerprint density at radius 2 is 2.00 bits per heavy atom. The van der Waals surface area contributed by atoms with Gasteiger partial charge in [0.1, 0.15) is 0 Å². The summed E-state index contributed by atoms with van der Waals surface area (Å²) in [4.78, 5) is 24.0. The van der Waals surface area contributed by atoms with Gasteiger partial charge >= 0.3 is 0 Å². The molecule has 5 heteroatoms. The molecule has 0 spiro atoms. The van der Waals surface area contributed by atoms with Gasteiger partial charge in [0.15, 0.2) is 0 Å². The van der Waals surface area contributed by atoms with Crippen molar-refractivity contribution in [2.24, 2.45) is 11.8 Å². The number of H-pyrrole nitrogens is 1. The first-order valence-corrected chi connectivity index (χ1v) is 11.8. The van der Waals surface area contributed by atoms with Gasteiger partial charge in [-0.15, -0.1) is 0 Å². The summed E-state index contributed by atoms with van der Waals surface area (Å²) in [6.45, 7) is 4.29. The van der Waals surface area contributed by atoms with Crippen molar-refractivity contribution >= 4 is 16.8 Å². The fourth-order valence-corrected chi connectivity index (χ4v) is 6.47. The summed E-state index contributed by atoms with van der Waals surface area (Å²) in [5.74, 6) is 1.64. The minimum absolute atomic E-state index is 0.350. The number of aromatic amines is 1. The van der Waals surface area contributed by atoms with Crippen LogP contribution in [-0.2, 0) is 11.2 Å². The molecule has 1 amide bonds. The van der Waals surface area contributed by atoms with Crippen LogP contribution in [0.4, 0.5) is 0 Å². The van der Waals surface area contributed by atoms with E-state index in [9.17, 15) is 4.79 Å². The van der Waals surface area contributed by atoms with Gasteiger partial charge in [-0.3, -0.25) is 9.69 Å². The number of hydrogen-bond donors (Lipinski definition) is 1. The molecule has 1 aromatic heterocycles. The van der Waals surface area contributed by atoms with Gasteiger partial charge in [-0.1, -0.05) is 24.6 Å². The molecular weight excluding hydrogens is 372 g/mol. The average molecular weight is 409 g/mol. The molecule has 1 N–H and O–H groups in total. The lowest BCUT2D eigenvalue weighted by molar-refractivity contribution is -0.141. The van der Waals surface area contributed by atoms with E-state index < -0.39 is 0 Å². The lowest BCUT2D eigenvalue weighted by atomic mass is 9.72. The maximum absolute atomic E-state index is 13.2. The Hall–Kier alpha value is -1.85. The molecule has 162 valence electrons. The van der Waals surface area contributed by atoms with Crippen molar-refractivity contribution in [1.82, 2.24) is 19.7 Å². The van der Waals surface area contributed by atoms with E-state index in [1.807, 2.05) is 0 Å². The van der Waals surface area contributed by atoms with Crippen molar-refractivity contribution in [3.05, 3.63) is 36.0 Å². The summed E-state index contributed by atoms with van der Waals surface area (Å²) in [6.07, 6.45) is 8.85. The Balaban J connectivity index is 1.28.